The van der Waals surface area contributed by atoms with Gasteiger partial charge >= 0.3 is 5.97 Å². The number of carbonyl (C=O) groups is 7. The average Bonchev–Trinajstić information content (AvgIpc) is 3.12. The number of rotatable bonds is 24. The minimum atomic E-state index is -1.24. The van der Waals surface area contributed by atoms with Crippen molar-refractivity contribution in [1.29, 1.82) is 0 Å². The molecule has 0 aromatic heterocycles. The van der Waals surface area contributed by atoms with Gasteiger partial charge in [-0.05, 0) is 50.4 Å². The van der Waals surface area contributed by atoms with Crippen molar-refractivity contribution in [3.05, 3.63) is 0 Å². The molecule has 0 radical (unpaired) electrons. The molecule has 2 fully saturated rings. The van der Waals surface area contributed by atoms with Crippen molar-refractivity contribution < 1.29 is 38.7 Å². The molecule has 0 heterocycles. The number of carboxylic acid groups (broad SMARTS) is 1. The number of hydrogen-bond acceptors (Lipinski definition) is 8. The normalized spacial score (nSPS) is 17.7. The number of guanidine groups is 1. The maximum atomic E-state index is 14.1. The molecule has 6 amide bonds. The summed E-state index contributed by atoms with van der Waals surface area (Å²) in [6.45, 7) is 3.49. The minimum absolute atomic E-state index is 0.0899. The molecule has 17 heteroatoms. The van der Waals surface area contributed by atoms with Crippen LogP contribution in [-0.4, -0.2) is 89.2 Å². The molecule has 0 bridgehead atoms. The highest BCUT2D eigenvalue weighted by Gasteiger charge is 2.34. The molecule has 0 spiro atoms. The van der Waals surface area contributed by atoms with Crippen LogP contribution in [0.3, 0.4) is 0 Å². The summed E-state index contributed by atoms with van der Waals surface area (Å²) < 4.78 is 0. The lowest BCUT2D eigenvalue weighted by Crippen LogP contribution is -2.59. The van der Waals surface area contributed by atoms with E-state index in [4.69, 9.17) is 22.3 Å². The number of nitrogens with one attached hydrogen (secondary N) is 5. The third kappa shape index (κ3) is 18.1. The van der Waals surface area contributed by atoms with Crippen LogP contribution in [0.25, 0.3) is 0 Å². The van der Waals surface area contributed by atoms with E-state index in [0.29, 0.717) is 25.7 Å². The number of nitrogens with zero attached hydrogens (tertiary/aromatic N) is 1. The Morgan fingerprint density at radius 3 is 1.46 bits per heavy atom. The first-order valence-electron chi connectivity index (χ1n) is 19.7. The van der Waals surface area contributed by atoms with Gasteiger partial charge in [0.2, 0.25) is 35.4 Å². The van der Waals surface area contributed by atoms with Crippen LogP contribution in [0.5, 0.6) is 0 Å². The van der Waals surface area contributed by atoms with Crippen LogP contribution in [0.2, 0.25) is 0 Å². The van der Waals surface area contributed by atoms with Gasteiger partial charge in [0.05, 0.1) is 0 Å². The van der Waals surface area contributed by atoms with Gasteiger partial charge in [-0.1, -0.05) is 84.0 Å². The summed E-state index contributed by atoms with van der Waals surface area (Å²) in [6, 6.07) is -5.31. The number of amides is 6. The molecule has 306 valence electrons. The van der Waals surface area contributed by atoms with Crippen molar-refractivity contribution in [2.24, 2.45) is 34.0 Å². The summed E-state index contributed by atoms with van der Waals surface area (Å²) in [5, 5.41) is 22.9. The zero-order valence-electron chi connectivity index (χ0n) is 32.2. The Balaban J connectivity index is 2.31. The molecule has 0 aliphatic heterocycles. The standard InChI is InChI=1S/C37H65N9O8/c1-3-4-16-28(34(52)46-29(21-24-12-7-5-8-13-24)35(53)43-26(32(38)50)18-19-31(48)49)44-36(54)30(22-25-14-9-6-10-15-25)45-33(51)27(42-23(2)47)17-11-20-41-37(39)40/h24-30H,3-22H2,1-2H3,(H2,38,50)(H,42,47)(H,43,53)(H,44,54)(H,45,51)(H,46,52)(H,48,49)(H4,39,40,41). The third-order valence-electron chi connectivity index (χ3n) is 10.3. The van der Waals surface area contributed by atoms with Gasteiger partial charge in [0, 0.05) is 19.9 Å². The van der Waals surface area contributed by atoms with Crippen LogP contribution in [0.1, 0.15) is 136 Å². The molecule has 12 N–H and O–H groups in total. The van der Waals surface area contributed by atoms with E-state index >= 15 is 0 Å². The van der Waals surface area contributed by atoms with Gasteiger partial charge < -0.3 is 48.9 Å². The first-order chi connectivity index (χ1) is 25.7. The summed E-state index contributed by atoms with van der Waals surface area (Å²) in [5.74, 6) is -4.59. The van der Waals surface area contributed by atoms with Crippen LogP contribution < -0.4 is 43.8 Å². The number of carbonyl (C=O) groups excluding carboxylic acids is 6. The summed E-state index contributed by atoms with van der Waals surface area (Å²) >= 11 is 0. The molecular weight excluding hydrogens is 698 g/mol. The van der Waals surface area contributed by atoms with Crippen molar-refractivity contribution in [3.63, 3.8) is 0 Å². The summed E-state index contributed by atoms with van der Waals surface area (Å²) in [4.78, 5) is 94.5. The third-order valence-corrected chi connectivity index (χ3v) is 10.3. The van der Waals surface area contributed by atoms with Crippen molar-refractivity contribution in [3.8, 4) is 0 Å². The number of primary amides is 1. The van der Waals surface area contributed by atoms with E-state index in [1.165, 1.54) is 6.92 Å². The maximum absolute atomic E-state index is 14.1. The quantitative estimate of drug-likeness (QED) is 0.0381. The molecule has 0 aromatic rings. The zero-order valence-corrected chi connectivity index (χ0v) is 32.2. The molecule has 2 rings (SSSR count). The summed E-state index contributed by atoms with van der Waals surface area (Å²) in [6.07, 6.45) is 11.9. The number of aliphatic carboxylic acids is 1. The molecule has 17 nitrogen and oxygen atoms in total. The summed E-state index contributed by atoms with van der Waals surface area (Å²) in [7, 11) is 0. The highest BCUT2D eigenvalue weighted by molar-refractivity contribution is 5.96. The lowest BCUT2D eigenvalue weighted by molar-refractivity contribution is -0.138. The number of aliphatic imine (C=N–C) groups is 1. The zero-order chi connectivity index (χ0) is 40.0. The van der Waals surface area contributed by atoms with Gasteiger partial charge in [-0.2, -0.15) is 0 Å². The van der Waals surface area contributed by atoms with Gasteiger partial charge in [0.15, 0.2) is 5.96 Å². The maximum Gasteiger partial charge on any atom is 0.303 e. The Kier molecular flexibility index (Phi) is 21.0. The van der Waals surface area contributed by atoms with Gasteiger partial charge in [0.25, 0.3) is 0 Å². The van der Waals surface area contributed by atoms with Crippen molar-refractivity contribution >= 4 is 47.4 Å². The van der Waals surface area contributed by atoms with E-state index < -0.39 is 71.6 Å². The second-order valence-corrected chi connectivity index (χ2v) is 14.9. The molecular formula is C37H65N9O8. The number of nitrogens with two attached hydrogens (primary N) is 3. The minimum Gasteiger partial charge on any atom is -0.481 e. The van der Waals surface area contributed by atoms with E-state index in [0.717, 1.165) is 70.6 Å². The largest absolute Gasteiger partial charge is 0.481 e. The molecule has 5 atom stereocenters. The lowest BCUT2D eigenvalue weighted by Gasteiger charge is -2.31. The van der Waals surface area contributed by atoms with Gasteiger partial charge in [-0.15, -0.1) is 0 Å². The Bertz CT molecular complexity index is 1280. The van der Waals surface area contributed by atoms with Gasteiger partial charge in [-0.25, -0.2) is 0 Å². The van der Waals surface area contributed by atoms with E-state index in [-0.39, 0.29) is 50.0 Å². The number of carboxylic acids is 1. The highest BCUT2D eigenvalue weighted by Crippen LogP contribution is 2.29. The van der Waals surface area contributed by atoms with Gasteiger partial charge in [-0.3, -0.25) is 38.6 Å². The molecule has 54 heavy (non-hydrogen) atoms. The fourth-order valence-electron chi connectivity index (χ4n) is 7.31. The molecule has 2 aliphatic rings. The number of unbranched alkanes of at least 4 members (excludes halogenated alkanes) is 1. The predicted octanol–water partition coefficient (Wildman–Crippen LogP) is 0.965. The second kappa shape index (κ2) is 24.8. The Labute approximate surface area is 318 Å². The highest BCUT2D eigenvalue weighted by atomic mass is 16.4. The predicted molar refractivity (Wildman–Crippen MR) is 203 cm³/mol. The second-order valence-electron chi connectivity index (χ2n) is 14.9. The molecule has 0 aromatic carbocycles. The molecule has 0 saturated heterocycles. The Hall–Kier alpha value is -4.44. The fraction of sp³-hybridized carbons (Fsp3) is 0.784. The topological polar surface area (TPSA) is 290 Å². The fourth-order valence-corrected chi connectivity index (χ4v) is 7.31. The SMILES string of the molecule is CCCCC(NC(=O)C(CC1CCCCC1)NC(=O)C(CCCN=C(N)N)NC(C)=O)C(=O)NC(CC1CCCCC1)C(=O)NC(CCC(=O)O)C(N)=O. The first kappa shape index (κ1) is 45.7. The van der Waals surface area contributed by atoms with E-state index in [1.54, 1.807) is 0 Å². The van der Waals surface area contributed by atoms with E-state index in [2.05, 4.69) is 31.6 Å². The van der Waals surface area contributed by atoms with E-state index in [9.17, 15) is 33.6 Å². The van der Waals surface area contributed by atoms with Crippen molar-refractivity contribution in [2.75, 3.05) is 6.54 Å². The van der Waals surface area contributed by atoms with Crippen molar-refractivity contribution in [2.45, 2.75) is 166 Å². The van der Waals surface area contributed by atoms with E-state index in [1.807, 2.05) is 6.92 Å². The smallest absolute Gasteiger partial charge is 0.303 e. The van der Waals surface area contributed by atoms with Crippen LogP contribution in [-0.2, 0) is 33.6 Å². The first-order valence-corrected chi connectivity index (χ1v) is 19.7. The van der Waals surface area contributed by atoms with Gasteiger partial charge in [0.1, 0.15) is 30.2 Å². The Morgan fingerprint density at radius 2 is 1.04 bits per heavy atom. The van der Waals surface area contributed by atoms with Crippen LogP contribution in [0, 0.1) is 11.8 Å². The van der Waals surface area contributed by atoms with Crippen LogP contribution in [0.15, 0.2) is 4.99 Å². The Morgan fingerprint density at radius 1 is 0.611 bits per heavy atom. The average molecular weight is 764 g/mol. The van der Waals surface area contributed by atoms with Crippen LogP contribution >= 0.6 is 0 Å². The van der Waals surface area contributed by atoms with Crippen LogP contribution in [0.4, 0.5) is 0 Å². The number of hydrogen-bond donors (Lipinski definition) is 9. The molecule has 2 saturated carbocycles. The van der Waals surface area contributed by atoms with Crippen molar-refractivity contribution in [1.82, 2.24) is 26.6 Å². The molecule has 2 aliphatic carbocycles. The monoisotopic (exact) mass is 763 g/mol. The lowest BCUT2D eigenvalue weighted by atomic mass is 9.84. The molecule has 5 unspecified atom stereocenters. The summed E-state index contributed by atoms with van der Waals surface area (Å²) in [5.41, 5.74) is 16.3.